The molecule has 5 heteroatoms. The van der Waals surface area contributed by atoms with Crippen molar-refractivity contribution in [2.24, 2.45) is 0 Å². The van der Waals surface area contributed by atoms with Crippen LogP contribution < -0.4 is 0 Å². The quantitative estimate of drug-likeness (QED) is 0.480. The number of carbonyl (C=O) groups is 1. The Labute approximate surface area is 122 Å². The van der Waals surface area contributed by atoms with Gasteiger partial charge in [0.2, 0.25) is 0 Å². The van der Waals surface area contributed by atoms with Gasteiger partial charge in [-0.3, -0.25) is 4.79 Å². The molecule has 4 nitrogen and oxygen atoms in total. The van der Waals surface area contributed by atoms with E-state index in [0.717, 1.165) is 28.3 Å². The van der Waals surface area contributed by atoms with Crippen molar-refractivity contribution in [3.8, 4) is 11.1 Å². The van der Waals surface area contributed by atoms with Crippen LogP contribution in [0.15, 0.2) is 47.9 Å². The lowest BCUT2D eigenvalue weighted by Gasteiger charge is -2.07. The summed E-state index contributed by atoms with van der Waals surface area (Å²) in [4.78, 5) is 18.9. The average Bonchev–Trinajstić information content (AvgIpc) is 2.48. The molecular formula is C15H16N2O2S. The van der Waals surface area contributed by atoms with Crippen molar-refractivity contribution in [1.29, 1.82) is 0 Å². The highest BCUT2D eigenvalue weighted by Crippen LogP contribution is 2.29. The molecule has 0 bridgehead atoms. The van der Waals surface area contributed by atoms with Crippen LogP contribution in [-0.2, 0) is 4.79 Å². The first kappa shape index (κ1) is 14.5. The van der Waals surface area contributed by atoms with Crippen LogP contribution in [0.25, 0.3) is 11.1 Å². The van der Waals surface area contributed by atoms with Crippen LogP contribution in [0.2, 0.25) is 0 Å². The predicted octanol–water partition coefficient (Wildman–Crippen LogP) is 3.49. The Morgan fingerprint density at radius 3 is 2.75 bits per heavy atom. The van der Waals surface area contributed by atoms with Crippen LogP contribution in [0, 0.1) is 0 Å². The van der Waals surface area contributed by atoms with Crippen molar-refractivity contribution in [2.45, 2.75) is 24.3 Å². The lowest BCUT2D eigenvalue weighted by Crippen LogP contribution is -1.95. The Morgan fingerprint density at radius 2 is 2.00 bits per heavy atom. The second kappa shape index (κ2) is 7.65. The molecule has 2 aromatic rings. The minimum absolute atomic E-state index is 0.232. The van der Waals surface area contributed by atoms with E-state index in [-0.39, 0.29) is 6.42 Å². The van der Waals surface area contributed by atoms with E-state index in [1.54, 1.807) is 18.1 Å². The number of hydrogen-bond acceptors (Lipinski definition) is 4. The summed E-state index contributed by atoms with van der Waals surface area (Å²) in [6.07, 6.45) is 5.17. The molecule has 0 aliphatic heterocycles. The lowest BCUT2D eigenvalue weighted by molar-refractivity contribution is -0.137. The number of unbranched alkanes of at least 4 members (excludes halogenated alkanes) is 1. The summed E-state index contributed by atoms with van der Waals surface area (Å²) in [7, 11) is 0. The first-order valence-corrected chi connectivity index (χ1v) is 7.46. The van der Waals surface area contributed by atoms with Crippen molar-refractivity contribution in [2.75, 3.05) is 5.75 Å². The van der Waals surface area contributed by atoms with Crippen LogP contribution in [0.5, 0.6) is 0 Å². The fourth-order valence-corrected chi connectivity index (χ4v) is 2.79. The van der Waals surface area contributed by atoms with E-state index in [2.05, 4.69) is 9.97 Å². The summed E-state index contributed by atoms with van der Waals surface area (Å²) in [5, 5.41) is 9.54. The van der Waals surface area contributed by atoms with Gasteiger partial charge in [0.1, 0.15) is 11.4 Å². The van der Waals surface area contributed by atoms with Crippen molar-refractivity contribution in [3.05, 3.63) is 42.9 Å². The molecule has 0 atom stereocenters. The van der Waals surface area contributed by atoms with Crippen LogP contribution in [0.3, 0.4) is 0 Å². The number of carboxylic acids is 1. The predicted molar refractivity (Wildman–Crippen MR) is 79.7 cm³/mol. The second-order valence-electron chi connectivity index (χ2n) is 4.31. The van der Waals surface area contributed by atoms with Crippen molar-refractivity contribution in [1.82, 2.24) is 9.97 Å². The largest absolute Gasteiger partial charge is 0.481 e. The minimum atomic E-state index is -0.734. The number of hydrogen-bond donors (Lipinski definition) is 1. The highest BCUT2D eigenvalue weighted by molar-refractivity contribution is 7.99. The second-order valence-corrected chi connectivity index (χ2v) is 5.39. The number of aromatic nitrogens is 2. The molecule has 0 aliphatic carbocycles. The molecule has 0 unspecified atom stereocenters. The number of benzene rings is 1. The normalized spacial score (nSPS) is 10.4. The van der Waals surface area contributed by atoms with Gasteiger partial charge in [0.15, 0.2) is 0 Å². The monoisotopic (exact) mass is 288 g/mol. The zero-order chi connectivity index (χ0) is 14.2. The fourth-order valence-electron chi connectivity index (χ4n) is 1.80. The van der Waals surface area contributed by atoms with Gasteiger partial charge in [-0.15, -0.1) is 11.8 Å². The van der Waals surface area contributed by atoms with Crippen molar-refractivity contribution < 1.29 is 9.90 Å². The molecule has 0 amide bonds. The summed E-state index contributed by atoms with van der Waals surface area (Å²) >= 11 is 1.65. The Bertz CT molecular complexity index is 561. The summed E-state index contributed by atoms with van der Waals surface area (Å²) in [5.74, 6) is 0.131. The van der Waals surface area contributed by atoms with Crippen LogP contribution >= 0.6 is 11.8 Å². The van der Waals surface area contributed by atoms with Gasteiger partial charge in [0.05, 0.1) is 0 Å². The fraction of sp³-hybridized carbons (Fsp3) is 0.267. The van der Waals surface area contributed by atoms with E-state index in [1.165, 1.54) is 0 Å². The van der Waals surface area contributed by atoms with Crippen LogP contribution in [-0.4, -0.2) is 26.8 Å². The summed E-state index contributed by atoms with van der Waals surface area (Å²) in [6, 6.07) is 10.0. The van der Waals surface area contributed by atoms with Crippen molar-refractivity contribution in [3.63, 3.8) is 0 Å². The number of rotatable bonds is 7. The summed E-state index contributed by atoms with van der Waals surface area (Å²) in [5.41, 5.74) is 2.12. The molecule has 0 spiro atoms. The average molecular weight is 288 g/mol. The van der Waals surface area contributed by atoms with E-state index in [0.29, 0.717) is 6.42 Å². The third kappa shape index (κ3) is 4.35. The Kier molecular flexibility index (Phi) is 5.55. The maximum Gasteiger partial charge on any atom is 0.303 e. The summed E-state index contributed by atoms with van der Waals surface area (Å²) < 4.78 is 0. The highest BCUT2D eigenvalue weighted by atomic mass is 32.2. The first-order valence-electron chi connectivity index (χ1n) is 6.47. The maximum absolute atomic E-state index is 10.4. The third-order valence-corrected chi connectivity index (χ3v) is 3.88. The molecule has 20 heavy (non-hydrogen) atoms. The van der Waals surface area contributed by atoms with E-state index in [9.17, 15) is 4.79 Å². The summed E-state index contributed by atoms with van der Waals surface area (Å²) in [6.45, 7) is 0. The smallest absolute Gasteiger partial charge is 0.303 e. The van der Waals surface area contributed by atoms with E-state index >= 15 is 0 Å². The zero-order valence-electron chi connectivity index (χ0n) is 11.0. The molecule has 0 aliphatic rings. The van der Waals surface area contributed by atoms with E-state index < -0.39 is 5.97 Å². The third-order valence-electron chi connectivity index (χ3n) is 2.78. The van der Waals surface area contributed by atoms with Gasteiger partial charge in [-0.25, -0.2) is 9.97 Å². The molecule has 0 fully saturated rings. The molecule has 1 heterocycles. The molecular weight excluding hydrogens is 272 g/mol. The number of carboxylic acid groups (broad SMARTS) is 1. The van der Waals surface area contributed by atoms with Crippen LogP contribution in [0.4, 0.5) is 0 Å². The standard InChI is InChI=1S/C15H16N2O2S/c18-14(19)8-4-5-9-20-15-13(10-16-11-17-15)12-6-2-1-3-7-12/h1-3,6-7,10-11H,4-5,8-9H2,(H,18,19). The van der Waals surface area contributed by atoms with E-state index in [1.807, 2.05) is 36.5 Å². The van der Waals surface area contributed by atoms with Gasteiger partial charge in [0.25, 0.3) is 0 Å². The van der Waals surface area contributed by atoms with Gasteiger partial charge in [-0.05, 0) is 24.2 Å². The minimum Gasteiger partial charge on any atom is -0.481 e. The first-order chi connectivity index (χ1) is 9.77. The SMILES string of the molecule is O=C(O)CCCCSc1ncncc1-c1ccccc1. The molecule has 104 valence electrons. The molecule has 1 N–H and O–H groups in total. The Balaban J connectivity index is 1.97. The van der Waals surface area contributed by atoms with Crippen LogP contribution in [0.1, 0.15) is 19.3 Å². The molecule has 0 saturated heterocycles. The Morgan fingerprint density at radius 1 is 1.20 bits per heavy atom. The zero-order valence-corrected chi connectivity index (χ0v) is 11.8. The molecule has 0 radical (unpaired) electrons. The van der Waals surface area contributed by atoms with Gasteiger partial charge in [-0.2, -0.15) is 0 Å². The molecule has 2 rings (SSSR count). The van der Waals surface area contributed by atoms with Gasteiger partial charge < -0.3 is 5.11 Å². The lowest BCUT2D eigenvalue weighted by atomic mass is 10.1. The van der Waals surface area contributed by atoms with Gasteiger partial charge in [-0.1, -0.05) is 30.3 Å². The van der Waals surface area contributed by atoms with Gasteiger partial charge in [0, 0.05) is 18.2 Å². The molecule has 1 aromatic carbocycles. The molecule has 0 saturated carbocycles. The number of nitrogens with zero attached hydrogens (tertiary/aromatic N) is 2. The highest BCUT2D eigenvalue weighted by Gasteiger charge is 2.07. The topological polar surface area (TPSA) is 63.1 Å². The maximum atomic E-state index is 10.4. The number of thioether (sulfide) groups is 1. The van der Waals surface area contributed by atoms with Gasteiger partial charge >= 0.3 is 5.97 Å². The molecule has 1 aromatic heterocycles. The van der Waals surface area contributed by atoms with Crippen molar-refractivity contribution >= 4 is 17.7 Å². The van der Waals surface area contributed by atoms with E-state index in [4.69, 9.17) is 5.11 Å². The number of aliphatic carboxylic acids is 1. The Hall–Kier alpha value is -1.88.